The molecule has 0 fully saturated rings. The molecule has 0 spiro atoms. The molecule has 1 aromatic rings. The molecular formula is C10H9BrN2O3. The van der Waals surface area contributed by atoms with Crippen molar-refractivity contribution in [1.82, 2.24) is 4.98 Å². The summed E-state index contributed by atoms with van der Waals surface area (Å²) in [5.41, 5.74) is 0.898. The lowest BCUT2D eigenvalue weighted by Crippen LogP contribution is -2.39. The zero-order valence-electron chi connectivity index (χ0n) is 8.31. The minimum atomic E-state index is -1.04. The van der Waals surface area contributed by atoms with Crippen molar-refractivity contribution in [3.63, 3.8) is 0 Å². The first-order chi connectivity index (χ1) is 7.58. The molecule has 6 heteroatoms. The fraction of sp³-hybridized carbons (Fsp3) is 0.300. The monoisotopic (exact) mass is 284 g/mol. The van der Waals surface area contributed by atoms with E-state index in [9.17, 15) is 9.59 Å². The van der Waals surface area contributed by atoms with Crippen molar-refractivity contribution in [2.45, 2.75) is 12.8 Å². The van der Waals surface area contributed by atoms with Crippen LogP contribution < -0.4 is 4.90 Å². The van der Waals surface area contributed by atoms with Crippen LogP contribution in [0.1, 0.15) is 12.0 Å². The number of aromatic nitrogens is 1. The topological polar surface area (TPSA) is 70.5 Å². The Balaban J connectivity index is 2.40. The lowest BCUT2D eigenvalue weighted by Gasteiger charge is -2.26. The van der Waals surface area contributed by atoms with E-state index in [0.29, 0.717) is 18.7 Å². The van der Waals surface area contributed by atoms with Crippen LogP contribution in [0.3, 0.4) is 0 Å². The molecule has 1 aliphatic heterocycles. The Bertz CT molecular complexity index is 461. The third-order valence-corrected chi connectivity index (χ3v) is 2.80. The van der Waals surface area contributed by atoms with E-state index in [4.69, 9.17) is 5.11 Å². The van der Waals surface area contributed by atoms with Crippen LogP contribution in [0.5, 0.6) is 0 Å². The van der Waals surface area contributed by atoms with E-state index in [1.807, 2.05) is 6.07 Å². The van der Waals surface area contributed by atoms with Gasteiger partial charge in [0.05, 0.1) is 0 Å². The summed E-state index contributed by atoms with van der Waals surface area (Å²) in [6.45, 7) is -0.333. The van der Waals surface area contributed by atoms with Crippen molar-refractivity contribution in [2.75, 3.05) is 11.4 Å². The van der Waals surface area contributed by atoms with Crippen molar-refractivity contribution in [2.24, 2.45) is 0 Å². The first-order valence-electron chi connectivity index (χ1n) is 4.74. The minimum absolute atomic E-state index is 0.190. The van der Waals surface area contributed by atoms with Gasteiger partial charge in [0, 0.05) is 17.1 Å². The van der Waals surface area contributed by atoms with Gasteiger partial charge < -0.3 is 5.11 Å². The fourth-order valence-electron chi connectivity index (χ4n) is 1.69. The van der Waals surface area contributed by atoms with Crippen LogP contribution in [0.25, 0.3) is 0 Å². The first-order valence-corrected chi connectivity index (χ1v) is 5.54. The summed E-state index contributed by atoms with van der Waals surface area (Å²) in [5.74, 6) is -0.766. The van der Waals surface area contributed by atoms with Gasteiger partial charge in [-0.05, 0) is 34.0 Å². The summed E-state index contributed by atoms with van der Waals surface area (Å²) in [6, 6.07) is 1.86. The lowest BCUT2D eigenvalue weighted by molar-refractivity contribution is -0.136. The van der Waals surface area contributed by atoms with Gasteiger partial charge in [0.15, 0.2) is 0 Å². The molecule has 0 aliphatic carbocycles. The second-order valence-electron chi connectivity index (χ2n) is 3.51. The maximum absolute atomic E-state index is 11.6. The Kier molecular flexibility index (Phi) is 2.91. The number of carboxylic acids is 1. The van der Waals surface area contributed by atoms with Crippen LogP contribution in [-0.4, -0.2) is 28.5 Å². The summed E-state index contributed by atoms with van der Waals surface area (Å²) in [5, 5.41) is 8.73. The number of pyridine rings is 1. The van der Waals surface area contributed by atoms with E-state index in [0.717, 1.165) is 10.0 Å². The SMILES string of the molecule is O=C(O)CN1C(=O)CCc2cc(Br)cnc21. The third kappa shape index (κ3) is 2.06. The number of carboxylic acid groups (broad SMARTS) is 1. The fourth-order valence-corrected chi connectivity index (χ4v) is 2.07. The standard InChI is InChI=1S/C10H9BrN2O3/c11-7-3-6-1-2-8(14)13(5-9(15)16)10(6)12-4-7/h3-4H,1-2,5H2,(H,15,16). The van der Waals surface area contributed by atoms with Crippen LogP contribution in [0.2, 0.25) is 0 Å². The Morgan fingerprint density at radius 3 is 3.00 bits per heavy atom. The van der Waals surface area contributed by atoms with Gasteiger partial charge in [-0.1, -0.05) is 0 Å². The van der Waals surface area contributed by atoms with Gasteiger partial charge in [-0.3, -0.25) is 14.5 Å². The predicted octanol–water partition coefficient (Wildman–Crippen LogP) is 1.21. The van der Waals surface area contributed by atoms with Gasteiger partial charge >= 0.3 is 5.97 Å². The number of rotatable bonds is 2. The number of hydrogen-bond donors (Lipinski definition) is 1. The number of fused-ring (bicyclic) bond motifs is 1. The average Bonchev–Trinajstić information content (AvgIpc) is 2.22. The maximum atomic E-state index is 11.6. The highest BCUT2D eigenvalue weighted by molar-refractivity contribution is 9.10. The highest BCUT2D eigenvalue weighted by Gasteiger charge is 2.27. The van der Waals surface area contributed by atoms with Crippen molar-refractivity contribution < 1.29 is 14.7 Å². The van der Waals surface area contributed by atoms with Gasteiger partial charge in [0.1, 0.15) is 12.4 Å². The summed E-state index contributed by atoms with van der Waals surface area (Å²) < 4.78 is 0.830. The summed E-state index contributed by atoms with van der Waals surface area (Å²) in [6.07, 6.45) is 2.50. The van der Waals surface area contributed by atoms with Crippen molar-refractivity contribution in [3.8, 4) is 0 Å². The molecule has 16 heavy (non-hydrogen) atoms. The van der Waals surface area contributed by atoms with E-state index in [1.54, 1.807) is 6.20 Å². The van der Waals surface area contributed by atoms with E-state index in [1.165, 1.54) is 4.90 Å². The maximum Gasteiger partial charge on any atom is 0.323 e. The quantitative estimate of drug-likeness (QED) is 0.886. The van der Waals surface area contributed by atoms with Crippen LogP contribution in [0.15, 0.2) is 16.7 Å². The summed E-state index contributed by atoms with van der Waals surface area (Å²) in [7, 11) is 0. The van der Waals surface area contributed by atoms with Crippen LogP contribution in [0.4, 0.5) is 5.82 Å². The number of hydrogen-bond acceptors (Lipinski definition) is 3. The second-order valence-corrected chi connectivity index (χ2v) is 4.43. The average molecular weight is 285 g/mol. The van der Waals surface area contributed by atoms with Crippen molar-refractivity contribution >= 4 is 33.6 Å². The molecule has 0 unspecified atom stereocenters. The van der Waals surface area contributed by atoms with Gasteiger partial charge in [0.25, 0.3) is 0 Å². The molecule has 0 atom stereocenters. The summed E-state index contributed by atoms with van der Waals surface area (Å²) >= 11 is 3.29. The molecule has 5 nitrogen and oxygen atoms in total. The number of nitrogens with zero attached hydrogens (tertiary/aromatic N) is 2. The molecule has 1 N–H and O–H groups in total. The number of amides is 1. The number of anilines is 1. The number of carbonyl (C=O) groups excluding carboxylic acids is 1. The Hall–Kier alpha value is -1.43. The Morgan fingerprint density at radius 1 is 1.56 bits per heavy atom. The molecule has 1 aliphatic rings. The van der Waals surface area contributed by atoms with Crippen molar-refractivity contribution in [3.05, 3.63) is 22.3 Å². The first kappa shape index (κ1) is 11.1. The minimum Gasteiger partial charge on any atom is -0.480 e. The third-order valence-electron chi connectivity index (χ3n) is 2.37. The molecule has 2 heterocycles. The number of halogens is 1. The number of carbonyl (C=O) groups is 2. The molecule has 2 rings (SSSR count). The zero-order chi connectivity index (χ0) is 11.7. The summed E-state index contributed by atoms with van der Waals surface area (Å²) in [4.78, 5) is 27.6. The molecule has 84 valence electrons. The van der Waals surface area contributed by atoms with Gasteiger partial charge in [0.2, 0.25) is 5.91 Å². The van der Waals surface area contributed by atoms with Crippen LogP contribution in [0, 0.1) is 0 Å². The molecule has 0 radical (unpaired) electrons. The normalized spacial score (nSPS) is 14.8. The molecule has 0 aromatic carbocycles. The van der Waals surface area contributed by atoms with E-state index < -0.39 is 5.97 Å². The van der Waals surface area contributed by atoms with Gasteiger partial charge in [-0.25, -0.2) is 4.98 Å². The number of aryl methyl sites for hydroxylation is 1. The molecular weight excluding hydrogens is 276 g/mol. The lowest BCUT2D eigenvalue weighted by atomic mass is 10.1. The molecule has 0 bridgehead atoms. The van der Waals surface area contributed by atoms with Gasteiger partial charge in [-0.15, -0.1) is 0 Å². The van der Waals surface area contributed by atoms with Crippen LogP contribution in [-0.2, 0) is 16.0 Å². The Labute approximate surface area is 100 Å². The Morgan fingerprint density at radius 2 is 2.31 bits per heavy atom. The van der Waals surface area contributed by atoms with E-state index in [2.05, 4.69) is 20.9 Å². The predicted molar refractivity (Wildman–Crippen MR) is 60.2 cm³/mol. The highest BCUT2D eigenvalue weighted by Crippen LogP contribution is 2.27. The molecule has 1 aromatic heterocycles. The smallest absolute Gasteiger partial charge is 0.323 e. The van der Waals surface area contributed by atoms with Crippen molar-refractivity contribution in [1.29, 1.82) is 0 Å². The van der Waals surface area contributed by atoms with E-state index in [-0.39, 0.29) is 12.5 Å². The zero-order valence-corrected chi connectivity index (χ0v) is 9.90. The highest BCUT2D eigenvalue weighted by atomic mass is 79.9. The van der Waals surface area contributed by atoms with Crippen LogP contribution >= 0.6 is 15.9 Å². The molecule has 0 saturated carbocycles. The molecule has 0 saturated heterocycles. The largest absolute Gasteiger partial charge is 0.480 e. The second kappa shape index (κ2) is 4.21. The van der Waals surface area contributed by atoms with Gasteiger partial charge in [-0.2, -0.15) is 0 Å². The van der Waals surface area contributed by atoms with E-state index >= 15 is 0 Å². The number of aliphatic carboxylic acids is 1. The molecule has 1 amide bonds.